The molecule has 0 unspecified atom stereocenters. The van der Waals surface area contributed by atoms with Crippen LogP contribution in [0.25, 0.3) is 5.57 Å². The Labute approximate surface area is 227 Å². The number of alkyl carbamates (subject to hydrolysis) is 1. The van der Waals surface area contributed by atoms with Gasteiger partial charge in [-0.2, -0.15) is 0 Å². The third kappa shape index (κ3) is 4.91. The molecule has 4 aliphatic carbocycles. The number of nitrogens with one attached hydrogen (secondary N) is 1. The number of hydrogen-bond donors (Lipinski definition) is 1. The number of ether oxygens (including phenoxy) is 2. The molecule has 38 heavy (non-hydrogen) atoms. The first-order valence-corrected chi connectivity index (χ1v) is 14.4. The van der Waals surface area contributed by atoms with Gasteiger partial charge >= 0.3 is 12.1 Å². The molecule has 1 amide bonds. The Bertz CT molecular complexity index is 1140. The molecule has 1 aromatic rings. The van der Waals surface area contributed by atoms with Crippen LogP contribution in [-0.4, -0.2) is 34.8 Å². The third-order valence-electron chi connectivity index (χ3n) is 9.98. The molecule has 6 nitrogen and oxygen atoms in total. The fraction of sp³-hybridized carbons (Fsp3) is 0.656. The molecule has 1 N–H and O–H groups in total. The van der Waals surface area contributed by atoms with Crippen LogP contribution in [0.2, 0.25) is 0 Å². The van der Waals surface area contributed by atoms with Gasteiger partial charge in [0, 0.05) is 18.8 Å². The van der Waals surface area contributed by atoms with Crippen molar-refractivity contribution in [3.05, 3.63) is 47.8 Å². The van der Waals surface area contributed by atoms with Crippen LogP contribution in [0.4, 0.5) is 4.79 Å². The van der Waals surface area contributed by atoms with Crippen LogP contribution in [-0.2, 0) is 14.3 Å². The van der Waals surface area contributed by atoms with E-state index >= 15 is 0 Å². The lowest BCUT2D eigenvalue weighted by atomic mass is 9.47. The van der Waals surface area contributed by atoms with Gasteiger partial charge in [0.25, 0.3) is 0 Å². The molecule has 6 heteroatoms. The summed E-state index contributed by atoms with van der Waals surface area (Å²) >= 11 is 0. The fourth-order valence-corrected chi connectivity index (χ4v) is 8.07. The predicted molar refractivity (Wildman–Crippen MR) is 148 cm³/mol. The first kappa shape index (κ1) is 27.0. The maximum Gasteiger partial charge on any atom is 0.408 e. The smallest absolute Gasteiger partial charge is 0.408 e. The van der Waals surface area contributed by atoms with E-state index in [1.807, 2.05) is 12.4 Å². The van der Waals surface area contributed by atoms with Crippen LogP contribution >= 0.6 is 0 Å². The second-order valence-electron chi connectivity index (χ2n) is 13.5. The van der Waals surface area contributed by atoms with Gasteiger partial charge in [0.1, 0.15) is 17.7 Å². The number of nitrogens with zero attached hydrogens (tertiary/aromatic N) is 1. The van der Waals surface area contributed by atoms with Gasteiger partial charge in [0.15, 0.2) is 0 Å². The molecule has 0 bridgehead atoms. The minimum Gasteiger partial charge on any atom is -0.461 e. The van der Waals surface area contributed by atoms with Crippen molar-refractivity contribution >= 4 is 17.6 Å². The highest BCUT2D eigenvalue weighted by Crippen LogP contribution is 2.66. The van der Waals surface area contributed by atoms with Crippen LogP contribution in [0.3, 0.4) is 0 Å². The van der Waals surface area contributed by atoms with Crippen LogP contribution in [0.15, 0.2) is 42.3 Å². The lowest BCUT2D eigenvalue weighted by molar-refractivity contribution is -0.153. The van der Waals surface area contributed by atoms with Crippen LogP contribution in [0.1, 0.15) is 92.1 Å². The zero-order chi connectivity index (χ0) is 27.3. The number of rotatable bonds is 4. The monoisotopic (exact) mass is 520 g/mol. The summed E-state index contributed by atoms with van der Waals surface area (Å²) in [5.74, 6) is 1.63. The van der Waals surface area contributed by atoms with Gasteiger partial charge < -0.3 is 14.8 Å². The normalized spacial score (nSPS) is 35.0. The summed E-state index contributed by atoms with van der Waals surface area (Å²) in [7, 11) is 0. The van der Waals surface area contributed by atoms with Crippen molar-refractivity contribution in [2.75, 3.05) is 0 Å². The van der Waals surface area contributed by atoms with Gasteiger partial charge in [-0.1, -0.05) is 37.6 Å². The Balaban J connectivity index is 1.23. The molecule has 0 aromatic carbocycles. The molecule has 2 saturated carbocycles. The summed E-state index contributed by atoms with van der Waals surface area (Å²) in [5, 5.41) is 2.61. The second-order valence-corrected chi connectivity index (χ2v) is 13.5. The van der Waals surface area contributed by atoms with Gasteiger partial charge in [-0.05, 0) is 112 Å². The number of fused-ring (bicyclic) bond motifs is 5. The Morgan fingerprint density at radius 2 is 1.84 bits per heavy atom. The molecule has 5 rings (SSSR count). The molecule has 206 valence electrons. The molecule has 4 aliphatic rings. The quantitative estimate of drug-likeness (QED) is 0.346. The van der Waals surface area contributed by atoms with Crippen molar-refractivity contribution in [2.24, 2.45) is 28.6 Å². The summed E-state index contributed by atoms with van der Waals surface area (Å²) in [6.07, 6.45) is 15.5. The minimum atomic E-state index is -0.747. The maximum absolute atomic E-state index is 12.8. The number of amides is 1. The highest BCUT2D eigenvalue weighted by atomic mass is 16.6. The molecule has 0 spiro atoms. The summed E-state index contributed by atoms with van der Waals surface area (Å²) in [5.41, 5.74) is 4.03. The van der Waals surface area contributed by atoms with Crippen molar-refractivity contribution in [1.82, 2.24) is 10.3 Å². The molecular weight excluding hydrogens is 476 g/mol. The number of aromatic nitrogens is 1. The second kappa shape index (κ2) is 9.84. The lowest BCUT2D eigenvalue weighted by Crippen LogP contribution is -2.50. The van der Waals surface area contributed by atoms with Crippen molar-refractivity contribution in [2.45, 2.75) is 104 Å². The summed E-state index contributed by atoms with van der Waals surface area (Å²) in [6, 6.07) is 3.52. The highest BCUT2D eigenvalue weighted by molar-refractivity contribution is 5.81. The van der Waals surface area contributed by atoms with Crippen molar-refractivity contribution < 1.29 is 19.1 Å². The van der Waals surface area contributed by atoms with E-state index < -0.39 is 23.7 Å². The molecule has 0 saturated heterocycles. The lowest BCUT2D eigenvalue weighted by Gasteiger charge is -2.57. The van der Waals surface area contributed by atoms with Crippen molar-refractivity contribution in [3.63, 3.8) is 0 Å². The third-order valence-corrected chi connectivity index (χ3v) is 9.98. The predicted octanol–water partition coefficient (Wildman–Crippen LogP) is 6.86. The summed E-state index contributed by atoms with van der Waals surface area (Å²) in [6.45, 7) is 12.0. The minimum absolute atomic E-state index is 0.138. The number of carbonyl (C=O) groups is 2. The van der Waals surface area contributed by atoms with E-state index in [0.717, 1.165) is 32.1 Å². The van der Waals surface area contributed by atoms with E-state index in [2.05, 4.69) is 48.4 Å². The van der Waals surface area contributed by atoms with Gasteiger partial charge in [-0.15, -0.1) is 0 Å². The summed E-state index contributed by atoms with van der Waals surface area (Å²) in [4.78, 5) is 29.2. The van der Waals surface area contributed by atoms with E-state index in [-0.39, 0.29) is 16.9 Å². The van der Waals surface area contributed by atoms with E-state index in [0.29, 0.717) is 17.8 Å². The molecule has 2 fully saturated rings. The number of carbonyl (C=O) groups excluding carboxylic acids is 2. The van der Waals surface area contributed by atoms with Crippen LogP contribution in [0, 0.1) is 28.6 Å². The molecule has 0 radical (unpaired) electrons. The molecule has 1 aromatic heterocycles. The topological polar surface area (TPSA) is 77.5 Å². The van der Waals surface area contributed by atoms with Gasteiger partial charge in [-0.25, -0.2) is 9.59 Å². The zero-order valence-electron chi connectivity index (χ0n) is 23.9. The number of allylic oxidation sites excluding steroid dienone is 3. The first-order chi connectivity index (χ1) is 17.9. The number of hydrogen-bond acceptors (Lipinski definition) is 5. The fourth-order valence-electron chi connectivity index (χ4n) is 8.07. The molecule has 1 heterocycles. The maximum atomic E-state index is 12.8. The largest absolute Gasteiger partial charge is 0.461 e. The Morgan fingerprint density at radius 1 is 1.08 bits per heavy atom. The Kier molecular flexibility index (Phi) is 6.98. The van der Waals surface area contributed by atoms with Crippen LogP contribution < -0.4 is 5.32 Å². The van der Waals surface area contributed by atoms with Crippen LogP contribution in [0.5, 0.6) is 0 Å². The zero-order valence-corrected chi connectivity index (χ0v) is 23.9. The van der Waals surface area contributed by atoms with E-state index in [9.17, 15) is 9.59 Å². The SMILES string of the molecule is C[C@H](NC(=O)OC(C)(C)C)C(=O)O[C@H]1CC[C@@]2(C)C(=CC[C@@H]3[C@@H]2CC[C@]2(C)C(c4cccnc4)=CC[C@@H]32)C1. The molecule has 7 atom stereocenters. The Hall–Kier alpha value is -2.63. The van der Waals surface area contributed by atoms with Crippen molar-refractivity contribution in [1.29, 1.82) is 0 Å². The summed E-state index contributed by atoms with van der Waals surface area (Å²) < 4.78 is 11.2. The van der Waals surface area contributed by atoms with Gasteiger partial charge in [0.2, 0.25) is 0 Å². The number of esters is 1. The van der Waals surface area contributed by atoms with Gasteiger partial charge in [-0.3, -0.25) is 4.98 Å². The molecule has 0 aliphatic heterocycles. The van der Waals surface area contributed by atoms with Gasteiger partial charge in [0.05, 0.1) is 0 Å². The first-order valence-electron chi connectivity index (χ1n) is 14.4. The average molecular weight is 521 g/mol. The van der Waals surface area contributed by atoms with E-state index in [1.165, 1.54) is 29.6 Å². The highest BCUT2D eigenvalue weighted by Gasteiger charge is 2.57. The van der Waals surface area contributed by atoms with Crippen molar-refractivity contribution in [3.8, 4) is 0 Å². The Morgan fingerprint density at radius 3 is 2.55 bits per heavy atom. The number of pyridine rings is 1. The van der Waals surface area contributed by atoms with E-state index in [4.69, 9.17) is 9.47 Å². The molecular formula is C32H44N2O4. The standard InChI is InChI=1S/C32H44N2O4/c1-20(34-29(36)38-30(2,3)4)28(35)37-23-13-15-31(5)22(18-23)9-10-24-26-12-11-25(21-8-7-17-33-19-21)32(26,6)16-14-27(24)31/h7-9,11,17,19-20,23-24,26-27H,10,12-16,18H2,1-6H3,(H,34,36)/t20-,23-,24-,26-,27-,31-,32+/m0/s1. The average Bonchev–Trinajstić information content (AvgIpc) is 3.20. The van der Waals surface area contributed by atoms with E-state index in [1.54, 1.807) is 27.7 Å².